The molecule has 1 spiro atoms. The number of phenolic OH excluding ortho intramolecular Hbond substituents is 1. The Morgan fingerprint density at radius 2 is 1.66 bits per heavy atom. The number of carbonyl (C=O) groups excluding carboxylic acids is 2. The Labute approximate surface area is 217 Å². The number of likely N-dealkylation sites (tertiary alicyclic amines) is 1. The zero-order chi connectivity index (χ0) is 27.0. The van der Waals surface area contributed by atoms with Crippen molar-refractivity contribution in [3.63, 3.8) is 0 Å². The molecular weight excluding hydrogens is 496 g/mol. The molecule has 2 amide bonds. The standard InChI is InChI=1S/C28H25F2N3O5/c29-20-5-1-17(2-6-20)18-3-7-21(22(30)15-18)26(35)31-25-9-10-28(25)11-13-32(14-12-28)27(36)19-4-8-24(34)23(16-19)33(37)38/h1-8,15-16,25,34H,9-14H2,(H,31,35). The second-order valence-corrected chi connectivity index (χ2v) is 9.88. The van der Waals surface area contributed by atoms with Gasteiger partial charge in [-0.2, -0.15) is 0 Å². The lowest BCUT2D eigenvalue weighted by molar-refractivity contribution is -0.385. The molecular formula is C28H25F2N3O5. The van der Waals surface area contributed by atoms with E-state index in [1.54, 1.807) is 23.1 Å². The Morgan fingerprint density at radius 1 is 0.974 bits per heavy atom. The largest absolute Gasteiger partial charge is 0.502 e. The molecule has 10 heteroatoms. The van der Waals surface area contributed by atoms with Crippen LogP contribution in [0.15, 0.2) is 60.7 Å². The molecule has 2 N–H and O–H groups in total. The summed E-state index contributed by atoms with van der Waals surface area (Å²) < 4.78 is 28.0. The molecule has 0 aromatic heterocycles. The number of nitrogens with zero attached hydrogens (tertiary/aromatic N) is 2. The van der Waals surface area contributed by atoms with Crippen molar-refractivity contribution in [1.29, 1.82) is 0 Å². The van der Waals surface area contributed by atoms with Crippen molar-refractivity contribution in [1.82, 2.24) is 10.2 Å². The molecule has 0 radical (unpaired) electrons. The fraction of sp³-hybridized carbons (Fsp3) is 0.286. The summed E-state index contributed by atoms with van der Waals surface area (Å²) >= 11 is 0. The number of phenols is 1. The second kappa shape index (κ2) is 9.85. The van der Waals surface area contributed by atoms with Crippen molar-refractivity contribution in [3.05, 3.63) is 93.5 Å². The van der Waals surface area contributed by atoms with E-state index < -0.39 is 28.1 Å². The first-order valence-electron chi connectivity index (χ1n) is 12.3. The van der Waals surface area contributed by atoms with Crippen LogP contribution in [0.2, 0.25) is 0 Å². The van der Waals surface area contributed by atoms with Gasteiger partial charge >= 0.3 is 5.69 Å². The summed E-state index contributed by atoms with van der Waals surface area (Å²) in [7, 11) is 0. The average molecular weight is 522 g/mol. The van der Waals surface area contributed by atoms with Crippen LogP contribution in [-0.4, -0.2) is 45.9 Å². The number of hydrogen-bond donors (Lipinski definition) is 2. The molecule has 1 unspecified atom stereocenters. The lowest BCUT2D eigenvalue weighted by Gasteiger charge is -2.54. The maximum Gasteiger partial charge on any atom is 0.311 e. The fourth-order valence-corrected chi connectivity index (χ4v) is 5.42. The lowest BCUT2D eigenvalue weighted by atomic mass is 9.59. The Hall–Kier alpha value is -4.34. The molecule has 1 aliphatic heterocycles. The summed E-state index contributed by atoms with van der Waals surface area (Å²) in [6, 6.07) is 13.4. The van der Waals surface area contributed by atoms with Crippen LogP contribution in [0.4, 0.5) is 14.5 Å². The van der Waals surface area contributed by atoms with Gasteiger partial charge in [0.1, 0.15) is 11.6 Å². The number of amides is 2. The molecule has 1 saturated heterocycles. The van der Waals surface area contributed by atoms with E-state index in [1.807, 2.05) is 0 Å². The summed E-state index contributed by atoms with van der Waals surface area (Å²) in [4.78, 5) is 37.8. The topological polar surface area (TPSA) is 113 Å². The highest BCUT2D eigenvalue weighted by Crippen LogP contribution is 2.49. The van der Waals surface area contributed by atoms with Crippen molar-refractivity contribution in [2.75, 3.05) is 13.1 Å². The molecule has 1 atom stereocenters. The van der Waals surface area contributed by atoms with Crippen molar-refractivity contribution < 1.29 is 28.4 Å². The summed E-state index contributed by atoms with van der Waals surface area (Å²) in [6.07, 6.45) is 2.89. The van der Waals surface area contributed by atoms with E-state index in [0.717, 1.165) is 25.0 Å². The number of benzene rings is 3. The third-order valence-corrected chi connectivity index (χ3v) is 7.83. The van der Waals surface area contributed by atoms with Crippen LogP contribution in [0.25, 0.3) is 11.1 Å². The molecule has 0 bridgehead atoms. The molecule has 5 rings (SSSR count). The summed E-state index contributed by atoms with van der Waals surface area (Å²) in [5.41, 5.74) is 0.512. The first-order chi connectivity index (χ1) is 18.2. The predicted molar refractivity (Wildman–Crippen MR) is 135 cm³/mol. The first kappa shape index (κ1) is 25.3. The quantitative estimate of drug-likeness (QED) is 0.360. The molecule has 3 aromatic carbocycles. The molecule has 1 saturated carbocycles. The summed E-state index contributed by atoms with van der Waals surface area (Å²) in [6.45, 7) is 0.835. The molecule has 38 heavy (non-hydrogen) atoms. The number of hydrogen-bond acceptors (Lipinski definition) is 5. The van der Waals surface area contributed by atoms with Crippen LogP contribution in [0.3, 0.4) is 0 Å². The maximum atomic E-state index is 14.8. The molecule has 8 nitrogen and oxygen atoms in total. The van der Waals surface area contributed by atoms with Crippen molar-refractivity contribution in [3.8, 4) is 16.9 Å². The highest BCUT2D eigenvalue weighted by Gasteiger charge is 2.49. The van der Waals surface area contributed by atoms with Gasteiger partial charge in [0.15, 0.2) is 5.75 Å². The molecule has 1 heterocycles. The number of rotatable bonds is 5. The number of aromatic hydroxyl groups is 1. The fourth-order valence-electron chi connectivity index (χ4n) is 5.42. The van der Waals surface area contributed by atoms with Gasteiger partial charge in [-0.15, -0.1) is 0 Å². The number of nitro groups is 1. The van der Waals surface area contributed by atoms with Crippen LogP contribution >= 0.6 is 0 Å². The third-order valence-electron chi connectivity index (χ3n) is 7.83. The van der Waals surface area contributed by atoms with Gasteiger partial charge in [-0.25, -0.2) is 8.78 Å². The number of nitro benzene ring substituents is 1. The first-order valence-corrected chi connectivity index (χ1v) is 12.3. The highest BCUT2D eigenvalue weighted by atomic mass is 19.1. The van der Waals surface area contributed by atoms with Crippen LogP contribution in [0.1, 0.15) is 46.4 Å². The zero-order valence-electron chi connectivity index (χ0n) is 20.3. The van der Waals surface area contributed by atoms with Crippen LogP contribution in [0, 0.1) is 27.2 Å². The lowest BCUT2D eigenvalue weighted by Crippen LogP contribution is -2.59. The SMILES string of the molecule is O=C(NC1CCC12CCN(C(=O)c1ccc(O)c([N+](=O)[O-])c1)CC2)c1ccc(-c2ccc(F)cc2)cc1F. The van der Waals surface area contributed by atoms with Gasteiger partial charge < -0.3 is 15.3 Å². The minimum absolute atomic E-state index is 0.0700. The molecule has 196 valence electrons. The number of nitrogens with one attached hydrogen (secondary N) is 1. The minimum atomic E-state index is -0.738. The number of halogens is 2. The number of carbonyl (C=O) groups is 2. The van der Waals surface area contributed by atoms with Gasteiger partial charge in [0.2, 0.25) is 0 Å². The Bertz CT molecular complexity index is 1420. The second-order valence-electron chi connectivity index (χ2n) is 9.88. The van der Waals surface area contributed by atoms with Crippen molar-refractivity contribution in [2.45, 2.75) is 31.7 Å². The van der Waals surface area contributed by atoms with Gasteiger partial charge in [0, 0.05) is 30.8 Å². The van der Waals surface area contributed by atoms with Crippen LogP contribution in [0.5, 0.6) is 5.75 Å². The summed E-state index contributed by atoms with van der Waals surface area (Å²) in [5.74, 6) is -2.42. The molecule has 1 aliphatic carbocycles. The van der Waals surface area contributed by atoms with E-state index >= 15 is 0 Å². The van der Waals surface area contributed by atoms with E-state index in [9.17, 15) is 33.6 Å². The van der Waals surface area contributed by atoms with E-state index in [-0.39, 0.29) is 34.3 Å². The number of piperidine rings is 1. The smallest absolute Gasteiger partial charge is 0.311 e. The summed E-state index contributed by atoms with van der Waals surface area (Å²) in [5, 5.41) is 23.7. The van der Waals surface area contributed by atoms with Crippen molar-refractivity contribution >= 4 is 17.5 Å². The average Bonchev–Trinajstić information content (AvgIpc) is 2.91. The monoisotopic (exact) mass is 521 g/mol. The Balaban J connectivity index is 1.22. The van der Waals surface area contributed by atoms with E-state index in [2.05, 4.69) is 5.32 Å². The van der Waals surface area contributed by atoms with E-state index in [1.165, 1.54) is 30.3 Å². The Morgan fingerprint density at radius 3 is 2.26 bits per heavy atom. The molecule has 2 aliphatic rings. The molecule has 3 aromatic rings. The van der Waals surface area contributed by atoms with Gasteiger partial charge in [0.05, 0.1) is 10.5 Å². The van der Waals surface area contributed by atoms with Crippen LogP contribution < -0.4 is 5.32 Å². The highest BCUT2D eigenvalue weighted by molar-refractivity contribution is 5.96. The van der Waals surface area contributed by atoms with Gasteiger partial charge in [-0.1, -0.05) is 18.2 Å². The Kier molecular flexibility index (Phi) is 6.56. The third kappa shape index (κ3) is 4.69. The molecule has 2 fully saturated rings. The van der Waals surface area contributed by atoms with Gasteiger partial charge in [-0.05, 0) is 78.6 Å². The van der Waals surface area contributed by atoms with E-state index in [0.29, 0.717) is 37.1 Å². The zero-order valence-corrected chi connectivity index (χ0v) is 20.3. The van der Waals surface area contributed by atoms with Gasteiger partial charge in [-0.3, -0.25) is 19.7 Å². The van der Waals surface area contributed by atoms with E-state index in [4.69, 9.17) is 0 Å². The normalized spacial score (nSPS) is 18.1. The van der Waals surface area contributed by atoms with Crippen LogP contribution in [-0.2, 0) is 0 Å². The maximum absolute atomic E-state index is 14.8. The minimum Gasteiger partial charge on any atom is -0.502 e. The predicted octanol–water partition coefficient (Wildman–Crippen LogP) is 5.06. The van der Waals surface area contributed by atoms with Gasteiger partial charge in [0.25, 0.3) is 11.8 Å². The van der Waals surface area contributed by atoms with Crippen molar-refractivity contribution in [2.24, 2.45) is 5.41 Å².